The third-order valence-corrected chi connectivity index (χ3v) is 3.82. The molecule has 1 aromatic heterocycles. The van der Waals surface area contributed by atoms with Gasteiger partial charge in [-0.2, -0.15) is 0 Å². The summed E-state index contributed by atoms with van der Waals surface area (Å²) in [5.74, 6) is -0.233. The zero-order chi connectivity index (χ0) is 14.5. The minimum atomic E-state index is -0.927. The van der Waals surface area contributed by atoms with E-state index in [2.05, 4.69) is 11.9 Å². The Kier molecular flexibility index (Phi) is 4.74. The third-order valence-electron chi connectivity index (χ3n) is 2.86. The Morgan fingerprint density at radius 1 is 1.45 bits per heavy atom. The number of carboxylic acids is 1. The van der Waals surface area contributed by atoms with E-state index in [1.54, 1.807) is 29.5 Å². The number of aromatic nitrogens is 1. The van der Waals surface area contributed by atoms with Crippen LogP contribution in [0.1, 0.15) is 40.0 Å². The summed E-state index contributed by atoms with van der Waals surface area (Å²) in [4.78, 5) is 15.3. The zero-order valence-corrected chi connectivity index (χ0v) is 12.4. The molecule has 1 aromatic carbocycles. The fourth-order valence-electron chi connectivity index (χ4n) is 1.84. The van der Waals surface area contributed by atoms with Gasteiger partial charge in [0.2, 0.25) is 0 Å². The Hall–Kier alpha value is -1.88. The highest BCUT2D eigenvalue weighted by molar-refractivity contribution is 7.09. The summed E-state index contributed by atoms with van der Waals surface area (Å²) in [6.45, 7) is 4.38. The van der Waals surface area contributed by atoms with E-state index in [4.69, 9.17) is 9.84 Å². The molecule has 0 aliphatic carbocycles. The second kappa shape index (κ2) is 6.52. The van der Waals surface area contributed by atoms with Gasteiger partial charge >= 0.3 is 5.97 Å². The third kappa shape index (κ3) is 3.57. The van der Waals surface area contributed by atoms with Crippen LogP contribution in [0.2, 0.25) is 0 Å². The van der Waals surface area contributed by atoms with Crippen molar-refractivity contribution in [1.82, 2.24) is 4.98 Å². The Morgan fingerprint density at radius 2 is 2.25 bits per heavy atom. The molecule has 106 valence electrons. The van der Waals surface area contributed by atoms with E-state index in [0.29, 0.717) is 12.4 Å². The van der Waals surface area contributed by atoms with Crippen LogP contribution >= 0.6 is 11.3 Å². The Bertz CT molecular complexity index is 607. The monoisotopic (exact) mass is 291 g/mol. The van der Waals surface area contributed by atoms with E-state index >= 15 is 0 Å². The maximum atomic E-state index is 10.9. The number of aromatic carboxylic acids is 1. The van der Waals surface area contributed by atoms with Crippen LogP contribution in [0.5, 0.6) is 5.75 Å². The molecule has 20 heavy (non-hydrogen) atoms. The number of nitrogens with zero attached hydrogens (tertiary/aromatic N) is 1. The summed E-state index contributed by atoms with van der Waals surface area (Å²) in [6.07, 6.45) is 2.08. The minimum Gasteiger partial charge on any atom is -0.487 e. The molecule has 0 atom stereocenters. The molecule has 0 fully saturated rings. The number of carbonyl (C=O) groups is 1. The molecule has 2 aromatic rings. The van der Waals surface area contributed by atoms with Gasteiger partial charge in [-0.3, -0.25) is 0 Å². The molecule has 4 nitrogen and oxygen atoms in total. The van der Waals surface area contributed by atoms with Crippen LogP contribution in [-0.2, 0) is 13.0 Å². The van der Waals surface area contributed by atoms with Gasteiger partial charge < -0.3 is 9.84 Å². The molecular formula is C15H17NO3S. The van der Waals surface area contributed by atoms with Crippen LogP contribution in [0, 0.1) is 6.92 Å². The molecule has 2 rings (SSSR count). The number of benzene rings is 1. The van der Waals surface area contributed by atoms with Crippen molar-refractivity contribution in [3.63, 3.8) is 0 Å². The second-order valence-corrected chi connectivity index (χ2v) is 5.50. The number of ether oxygens (including phenoxy) is 1. The topological polar surface area (TPSA) is 59.4 Å². The van der Waals surface area contributed by atoms with E-state index in [-0.39, 0.29) is 5.56 Å². The van der Waals surface area contributed by atoms with Crippen molar-refractivity contribution in [2.24, 2.45) is 0 Å². The van der Waals surface area contributed by atoms with Crippen LogP contribution in [-0.4, -0.2) is 16.1 Å². The number of hydrogen-bond acceptors (Lipinski definition) is 4. The first-order chi connectivity index (χ1) is 9.60. The number of carboxylic acid groups (broad SMARTS) is 1. The normalized spacial score (nSPS) is 10.5. The molecule has 0 aliphatic heterocycles. The molecule has 0 aliphatic rings. The lowest BCUT2D eigenvalue weighted by Crippen LogP contribution is -2.00. The molecule has 0 unspecified atom stereocenters. The first-order valence-electron chi connectivity index (χ1n) is 6.50. The first kappa shape index (κ1) is 14.5. The minimum absolute atomic E-state index is 0.272. The van der Waals surface area contributed by atoms with Crippen molar-refractivity contribution in [2.45, 2.75) is 33.3 Å². The summed E-state index contributed by atoms with van der Waals surface area (Å²) in [7, 11) is 0. The SMILES string of the molecule is CCCc1nc(COc2ccc(C(=O)O)cc2C)cs1. The molecule has 0 radical (unpaired) electrons. The maximum absolute atomic E-state index is 10.9. The highest BCUT2D eigenvalue weighted by Gasteiger charge is 2.08. The van der Waals surface area contributed by atoms with Gasteiger partial charge in [0.25, 0.3) is 0 Å². The smallest absolute Gasteiger partial charge is 0.335 e. The van der Waals surface area contributed by atoms with Crippen LogP contribution in [0.3, 0.4) is 0 Å². The van der Waals surface area contributed by atoms with E-state index in [1.165, 1.54) is 0 Å². The summed E-state index contributed by atoms with van der Waals surface area (Å²) < 4.78 is 5.70. The summed E-state index contributed by atoms with van der Waals surface area (Å²) >= 11 is 1.65. The number of thiazole rings is 1. The Balaban J connectivity index is 2.01. The van der Waals surface area contributed by atoms with Crippen molar-refractivity contribution >= 4 is 17.3 Å². The quantitative estimate of drug-likeness (QED) is 0.882. The fraction of sp³-hybridized carbons (Fsp3) is 0.333. The van der Waals surface area contributed by atoms with Gasteiger partial charge in [0.05, 0.1) is 16.3 Å². The lowest BCUT2D eigenvalue weighted by atomic mass is 10.1. The Labute approximate surface area is 122 Å². The van der Waals surface area contributed by atoms with Crippen molar-refractivity contribution in [1.29, 1.82) is 0 Å². The highest BCUT2D eigenvalue weighted by atomic mass is 32.1. The van der Waals surface area contributed by atoms with E-state index in [9.17, 15) is 4.79 Å². The zero-order valence-electron chi connectivity index (χ0n) is 11.5. The maximum Gasteiger partial charge on any atom is 0.335 e. The predicted octanol–water partition coefficient (Wildman–Crippen LogP) is 3.68. The first-order valence-corrected chi connectivity index (χ1v) is 7.38. The summed E-state index contributed by atoms with van der Waals surface area (Å²) in [6, 6.07) is 4.85. The van der Waals surface area contributed by atoms with Crippen molar-refractivity contribution < 1.29 is 14.6 Å². The van der Waals surface area contributed by atoms with E-state index in [0.717, 1.165) is 29.1 Å². The van der Waals surface area contributed by atoms with Crippen LogP contribution < -0.4 is 4.74 Å². The standard InChI is InChI=1S/C15H17NO3S/c1-3-4-14-16-12(9-20-14)8-19-13-6-5-11(15(17)18)7-10(13)2/h5-7,9H,3-4,8H2,1-2H3,(H,17,18). The summed E-state index contributed by atoms with van der Waals surface area (Å²) in [5.41, 5.74) is 2.00. The van der Waals surface area contributed by atoms with Crippen molar-refractivity contribution in [3.8, 4) is 5.75 Å². The second-order valence-electron chi connectivity index (χ2n) is 4.56. The van der Waals surface area contributed by atoms with Gasteiger partial charge in [0, 0.05) is 5.38 Å². The largest absolute Gasteiger partial charge is 0.487 e. The van der Waals surface area contributed by atoms with E-state index < -0.39 is 5.97 Å². The summed E-state index contributed by atoms with van der Waals surface area (Å²) in [5, 5.41) is 12.0. The number of aryl methyl sites for hydroxylation is 2. The van der Waals surface area contributed by atoms with Gasteiger partial charge in [-0.05, 0) is 43.5 Å². The van der Waals surface area contributed by atoms with Gasteiger partial charge in [-0.15, -0.1) is 11.3 Å². The van der Waals surface area contributed by atoms with Crippen LogP contribution in [0.25, 0.3) is 0 Å². The number of rotatable bonds is 6. The molecule has 0 saturated carbocycles. The van der Waals surface area contributed by atoms with Crippen LogP contribution in [0.15, 0.2) is 23.6 Å². The molecule has 1 N–H and O–H groups in total. The molecule has 1 heterocycles. The molecule has 0 amide bonds. The molecule has 0 spiro atoms. The Morgan fingerprint density at radius 3 is 2.90 bits per heavy atom. The molecule has 0 saturated heterocycles. The van der Waals surface area contributed by atoms with Gasteiger partial charge in [0.1, 0.15) is 12.4 Å². The van der Waals surface area contributed by atoms with E-state index in [1.807, 2.05) is 12.3 Å². The highest BCUT2D eigenvalue weighted by Crippen LogP contribution is 2.21. The van der Waals surface area contributed by atoms with Gasteiger partial charge in [-0.1, -0.05) is 6.92 Å². The van der Waals surface area contributed by atoms with Gasteiger partial charge in [-0.25, -0.2) is 9.78 Å². The van der Waals surface area contributed by atoms with Gasteiger partial charge in [0.15, 0.2) is 0 Å². The molecule has 5 heteroatoms. The fourth-order valence-corrected chi connectivity index (χ4v) is 2.72. The molecular weight excluding hydrogens is 274 g/mol. The van der Waals surface area contributed by atoms with Crippen molar-refractivity contribution in [3.05, 3.63) is 45.4 Å². The molecule has 0 bridgehead atoms. The number of hydrogen-bond donors (Lipinski definition) is 1. The lowest BCUT2D eigenvalue weighted by Gasteiger charge is -2.08. The average Bonchev–Trinajstić information content (AvgIpc) is 2.85. The lowest BCUT2D eigenvalue weighted by molar-refractivity contribution is 0.0696. The van der Waals surface area contributed by atoms with Crippen molar-refractivity contribution in [2.75, 3.05) is 0 Å². The van der Waals surface area contributed by atoms with Crippen LogP contribution in [0.4, 0.5) is 0 Å². The average molecular weight is 291 g/mol. The predicted molar refractivity (Wildman–Crippen MR) is 78.6 cm³/mol.